The van der Waals surface area contributed by atoms with Gasteiger partial charge >= 0.3 is 0 Å². The minimum absolute atomic E-state index is 0.0265. The Kier molecular flexibility index (Phi) is 5.96. The Hall–Kier alpha value is -0.740. The first-order valence-corrected chi connectivity index (χ1v) is 6.78. The van der Waals surface area contributed by atoms with E-state index in [0.29, 0.717) is 12.3 Å². The molecule has 1 aromatic rings. The molecule has 0 heterocycles. The maximum Gasteiger partial charge on any atom is 0.127 e. The van der Waals surface area contributed by atoms with E-state index in [4.69, 9.17) is 4.74 Å². The normalized spacial score (nSPS) is 14.6. The Morgan fingerprint density at radius 3 is 2.44 bits per heavy atom. The maximum atomic E-state index is 13.4. The number of benzene rings is 1. The van der Waals surface area contributed by atoms with Crippen LogP contribution in [0.5, 0.6) is 5.75 Å². The molecule has 0 saturated carbocycles. The number of halogens is 1. The van der Waals surface area contributed by atoms with E-state index in [0.717, 1.165) is 5.56 Å². The molecular weight excluding hydrogens is 249 g/mol. The van der Waals surface area contributed by atoms with Crippen LogP contribution in [0.1, 0.15) is 39.2 Å². The summed E-state index contributed by atoms with van der Waals surface area (Å²) in [5, 5.41) is 3.28. The van der Waals surface area contributed by atoms with Gasteiger partial charge in [0, 0.05) is 18.0 Å². The summed E-state index contributed by atoms with van der Waals surface area (Å²) in [6, 6.07) is 4.87. The molecular formula is C14H22FNOS. The summed E-state index contributed by atoms with van der Waals surface area (Å²) >= 11 is 4.23. The van der Waals surface area contributed by atoms with Crippen LogP contribution in [0.2, 0.25) is 0 Å². The molecule has 0 fully saturated rings. The average Bonchev–Trinajstić information content (AvgIpc) is 2.25. The largest absolute Gasteiger partial charge is 0.489 e. The highest BCUT2D eigenvalue weighted by molar-refractivity contribution is 7.80. The Morgan fingerprint density at radius 1 is 1.22 bits per heavy atom. The van der Waals surface area contributed by atoms with Gasteiger partial charge in [-0.3, -0.25) is 0 Å². The fourth-order valence-electron chi connectivity index (χ4n) is 1.60. The maximum absolute atomic E-state index is 13.4. The predicted molar refractivity (Wildman–Crippen MR) is 77.0 cm³/mol. The first-order chi connectivity index (χ1) is 8.38. The van der Waals surface area contributed by atoms with Crippen LogP contribution < -0.4 is 10.1 Å². The topological polar surface area (TPSA) is 21.3 Å². The second kappa shape index (κ2) is 7.00. The van der Waals surface area contributed by atoms with Gasteiger partial charge in [-0.15, -0.1) is 0 Å². The minimum Gasteiger partial charge on any atom is -0.489 e. The number of nitrogens with one attached hydrogen (secondary N) is 1. The highest BCUT2D eigenvalue weighted by Gasteiger charge is 2.09. The van der Waals surface area contributed by atoms with Crippen molar-refractivity contribution in [3.05, 3.63) is 29.6 Å². The molecule has 0 spiro atoms. The van der Waals surface area contributed by atoms with Crippen LogP contribution >= 0.6 is 12.6 Å². The summed E-state index contributed by atoms with van der Waals surface area (Å²) in [5.74, 6) is 0.618. The van der Waals surface area contributed by atoms with Gasteiger partial charge in [0.05, 0.1) is 0 Å². The molecule has 2 atom stereocenters. The smallest absolute Gasteiger partial charge is 0.127 e. The summed E-state index contributed by atoms with van der Waals surface area (Å²) in [5.41, 5.74) is 0.952. The molecule has 18 heavy (non-hydrogen) atoms. The molecule has 0 aliphatic heterocycles. The lowest BCUT2D eigenvalue weighted by molar-refractivity contribution is 0.216. The van der Waals surface area contributed by atoms with Crippen molar-refractivity contribution in [2.75, 3.05) is 6.54 Å². The fourth-order valence-corrected chi connectivity index (χ4v) is 1.70. The monoisotopic (exact) mass is 271 g/mol. The molecule has 0 aliphatic rings. The van der Waals surface area contributed by atoms with Crippen molar-refractivity contribution >= 4 is 12.6 Å². The predicted octanol–water partition coefficient (Wildman–Crippen LogP) is 3.58. The lowest BCUT2D eigenvalue weighted by Crippen LogP contribution is -2.32. The number of ether oxygens (including phenoxy) is 1. The third-order valence-electron chi connectivity index (χ3n) is 2.60. The van der Waals surface area contributed by atoms with Gasteiger partial charge in [0.2, 0.25) is 0 Å². The molecule has 0 bridgehead atoms. The number of hydrogen-bond donors (Lipinski definition) is 2. The Labute approximate surface area is 114 Å². The molecule has 1 rings (SSSR count). The third-order valence-corrected chi connectivity index (χ3v) is 2.78. The second-order valence-electron chi connectivity index (χ2n) is 4.89. The molecule has 0 radical (unpaired) electrons. The average molecular weight is 271 g/mol. The van der Waals surface area contributed by atoms with Crippen molar-refractivity contribution in [1.29, 1.82) is 0 Å². The molecule has 0 saturated heterocycles. The summed E-state index contributed by atoms with van der Waals surface area (Å²) in [4.78, 5) is 0. The fraction of sp³-hybridized carbons (Fsp3) is 0.571. The number of thiol groups is 1. The van der Waals surface area contributed by atoms with Gasteiger partial charge in [0.25, 0.3) is 0 Å². The summed E-state index contributed by atoms with van der Waals surface area (Å²) in [6.45, 7) is 8.65. The van der Waals surface area contributed by atoms with Gasteiger partial charge in [-0.25, -0.2) is 4.39 Å². The molecule has 102 valence electrons. The molecule has 0 amide bonds. The molecule has 0 aliphatic carbocycles. The van der Waals surface area contributed by atoms with Crippen LogP contribution in [0.25, 0.3) is 0 Å². The Morgan fingerprint density at radius 2 is 1.89 bits per heavy atom. The van der Waals surface area contributed by atoms with E-state index >= 15 is 0 Å². The highest BCUT2D eigenvalue weighted by atomic mass is 32.1. The highest BCUT2D eigenvalue weighted by Crippen LogP contribution is 2.23. The zero-order chi connectivity index (χ0) is 13.7. The Bertz CT molecular complexity index is 382. The van der Waals surface area contributed by atoms with Crippen molar-refractivity contribution in [3.8, 4) is 5.75 Å². The lowest BCUT2D eigenvalue weighted by atomic mass is 10.0. The van der Waals surface area contributed by atoms with Gasteiger partial charge in [-0.1, -0.05) is 13.8 Å². The first kappa shape index (κ1) is 15.3. The van der Waals surface area contributed by atoms with Crippen molar-refractivity contribution < 1.29 is 9.13 Å². The zero-order valence-corrected chi connectivity index (χ0v) is 12.3. The molecule has 2 nitrogen and oxygen atoms in total. The van der Waals surface area contributed by atoms with Gasteiger partial charge in [0.15, 0.2) is 0 Å². The number of hydrogen-bond acceptors (Lipinski definition) is 3. The second-order valence-corrected chi connectivity index (χ2v) is 5.66. The van der Waals surface area contributed by atoms with E-state index in [1.807, 2.05) is 33.8 Å². The van der Waals surface area contributed by atoms with E-state index in [-0.39, 0.29) is 23.2 Å². The van der Waals surface area contributed by atoms with E-state index < -0.39 is 0 Å². The SMILES string of the molecule is CC(S)NC[C@@H](C)Oc1cc(F)cc(C(C)C)c1. The zero-order valence-electron chi connectivity index (χ0n) is 11.4. The van der Waals surface area contributed by atoms with E-state index in [2.05, 4.69) is 17.9 Å². The van der Waals surface area contributed by atoms with Crippen LogP contribution in [0.15, 0.2) is 18.2 Å². The molecule has 1 unspecified atom stereocenters. The Balaban J connectivity index is 2.66. The summed E-state index contributed by atoms with van der Waals surface area (Å²) < 4.78 is 19.1. The molecule has 0 aromatic heterocycles. The standard InChI is InChI=1S/C14H22FNOS/c1-9(2)12-5-13(15)7-14(6-12)17-10(3)8-16-11(4)18/h5-7,9-11,16,18H,8H2,1-4H3/t10-,11?/m1/s1. The third kappa shape index (κ3) is 5.27. The van der Waals surface area contributed by atoms with Crippen LogP contribution in [-0.4, -0.2) is 18.0 Å². The summed E-state index contributed by atoms with van der Waals surface area (Å²) in [6.07, 6.45) is -0.0265. The molecule has 1 N–H and O–H groups in total. The van der Waals surface area contributed by atoms with Crippen LogP contribution in [-0.2, 0) is 0 Å². The van der Waals surface area contributed by atoms with Crippen molar-refractivity contribution in [3.63, 3.8) is 0 Å². The van der Waals surface area contributed by atoms with Gasteiger partial charge in [-0.05, 0) is 37.5 Å². The van der Waals surface area contributed by atoms with Crippen molar-refractivity contribution in [2.45, 2.75) is 45.1 Å². The van der Waals surface area contributed by atoms with Crippen LogP contribution in [0.3, 0.4) is 0 Å². The van der Waals surface area contributed by atoms with Crippen LogP contribution in [0, 0.1) is 5.82 Å². The van der Waals surface area contributed by atoms with Gasteiger partial charge in [0.1, 0.15) is 17.7 Å². The summed E-state index contributed by atoms with van der Waals surface area (Å²) in [7, 11) is 0. The van der Waals surface area contributed by atoms with E-state index in [1.165, 1.54) is 6.07 Å². The first-order valence-electron chi connectivity index (χ1n) is 6.27. The van der Waals surface area contributed by atoms with Gasteiger partial charge < -0.3 is 10.1 Å². The molecule has 4 heteroatoms. The van der Waals surface area contributed by atoms with E-state index in [1.54, 1.807) is 6.07 Å². The van der Waals surface area contributed by atoms with Gasteiger partial charge in [-0.2, -0.15) is 12.6 Å². The quantitative estimate of drug-likeness (QED) is 0.609. The lowest BCUT2D eigenvalue weighted by Gasteiger charge is -2.18. The molecule has 1 aromatic carbocycles. The van der Waals surface area contributed by atoms with Crippen LogP contribution in [0.4, 0.5) is 4.39 Å². The van der Waals surface area contributed by atoms with Crippen molar-refractivity contribution in [1.82, 2.24) is 5.32 Å². The van der Waals surface area contributed by atoms with E-state index in [9.17, 15) is 4.39 Å². The van der Waals surface area contributed by atoms with Crippen molar-refractivity contribution in [2.24, 2.45) is 0 Å². The minimum atomic E-state index is -0.251. The number of rotatable bonds is 6.